The molecule has 3 rings (SSSR count). The predicted octanol–water partition coefficient (Wildman–Crippen LogP) is 3.98. The molecule has 0 spiro atoms. The van der Waals surface area contributed by atoms with E-state index in [-0.39, 0.29) is 12.0 Å². The molecule has 1 amide bonds. The van der Waals surface area contributed by atoms with Gasteiger partial charge in [0.1, 0.15) is 0 Å². The van der Waals surface area contributed by atoms with Crippen molar-refractivity contribution in [2.75, 3.05) is 13.2 Å². The second-order valence-corrected chi connectivity index (χ2v) is 6.54. The number of hydrogen-bond acceptors (Lipinski definition) is 3. The summed E-state index contributed by atoms with van der Waals surface area (Å²) in [4.78, 5) is 13.9. The molecule has 1 aliphatic heterocycles. The summed E-state index contributed by atoms with van der Waals surface area (Å²) >= 11 is 7.47. The summed E-state index contributed by atoms with van der Waals surface area (Å²) in [5.41, 5.74) is 1.03. The molecular formula is C16H16ClNO2S. The molecule has 0 bridgehead atoms. The zero-order valence-corrected chi connectivity index (χ0v) is 13.0. The highest BCUT2D eigenvalue weighted by atomic mass is 35.5. The van der Waals surface area contributed by atoms with E-state index in [0.717, 1.165) is 29.9 Å². The van der Waals surface area contributed by atoms with E-state index in [1.165, 1.54) is 11.3 Å². The standard InChI is InChI=1S/C16H16ClNO2S/c17-12-4-1-3-11(9-12)14-6-7-15(21-14)16(19)18-10-13-5-2-8-20-13/h1,3-4,6-7,9,13H,2,5,8,10H2,(H,18,19). The minimum Gasteiger partial charge on any atom is -0.376 e. The van der Waals surface area contributed by atoms with Gasteiger partial charge in [-0.15, -0.1) is 11.3 Å². The monoisotopic (exact) mass is 321 g/mol. The van der Waals surface area contributed by atoms with Crippen molar-refractivity contribution < 1.29 is 9.53 Å². The lowest BCUT2D eigenvalue weighted by Crippen LogP contribution is -2.31. The molecule has 0 aliphatic carbocycles. The summed E-state index contributed by atoms with van der Waals surface area (Å²) in [5, 5.41) is 3.64. The lowest BCUT2D eigenvalue weighted by Gasteiger charge is -2.09. The molecule has 1 N–H and O–H groups in total. The minimum atomic E-state index is -0.0382. The SMILES string of the molecule is O=C(NCC1CCCO1)c1ccc(-c2cccc(Cl)c2)s1. The van der Waals surface area contributed by atoms with E-state index in [0.29, 0.717) is 16.4 Å². The van der Waals surface area contributed by atoms with Gasteiger partial charge in [-0.1, -0.05) is 23.7 Å². The van der Waals surface area contributed by atoms with Gasteiger partial charge in [0.15, 0.2) is 0 Å². The van der Waals surface area contributed by atoms with E-state index in [2.05, 4.69) is 5.32 Å². The molecule has 3 nitrogen and oxygen atoms in total. The van der Waals surface area contributed by atoms with Crippen LogP contribution in [0.3, 0.4) is 0 Å². The van der Waals surface area contributed by atoms with Crippen LogP contribution < -0.4 is 5.32 Å². The molecule has 0 saturated carbocycles. The fourth-order valence-electron chi connectivity index (χ4n) is 2.36. The average Bonchev–Trinajstić information content (AvgIpc) is 3.16. The van der Waals surface area contributed by atoms with Crippen LogP contribution in [0.15, 0.2) is 36.4 Å². The molecule has 1 unspecified atom stereocenters. The zero-order valence-electron chi connectivity index (χ0n) is 11.5. The highest BCUT2D eigenvalue weighted by Gasteiger charge is 2.17. The van der Waals surface area contributed by atoms with Crippen LogP contribution in [0.1, 0.15) is 22.5 Å². The molecule has 1 saturated heterocycles. The van der Waals surface area contributed by atoms with Gasteiger partial charge in [-0.05, 0) is 42.7 Å². The van der Waals surface area contributed by atoms with Gasteiger partial charge < -0.3 is 10.1 Å². The van der Waals surface area contributed by atoms with Crippen LogP contribution in [0.5, 0.6) is 0 Å². The topological polar surface area (TPSA) is 38.3 Å². The summed E-state index contributed by atoms with van der Waals surface area (Å²) in [6.45, 7) is 1.39. The van der Waals surface area contributed by atoms with Crippen molar-refractivity contribution in [2.24, 2.45) is 0 Å². The molecule has 0 radical (unpaired) electrons. The minimum absolute atomic E-state index is 0.0382. The Morgan fingerprint density at radius 1 is 1.38 bits per heavy atom. The highest BCUT2D eigenvalue weighted by molar-refractivity contribution is 7.17. The summed E-state index contributed by atoms with van der Waals surface area (Å²) in [6.07, 6.45) is 2.28. The van der Waals surface area contributed by atoms with E-state index in [1.54, 1.807) is 0 Å². The smallest absolute Gasteiger partial charge is 0.261 e. The highest BCUT2D eigenvalue weighted by Crippen LogP contribution is 2.29. The number of hydrogen-bond donors (Lipinski definition) is 1. The van der Waals surface area contributed by atoms with Crippen LogP contribution in [-0.4, -0.2) is 25.2 Å². The maximum Gasteiger partial charge on any atom is 0.261 e. The fourth-order valence-corrected chi connectivity index (χ4v) is 3.46. The number of halogens is 1. The van der Waals surface area contributed by atoms with Crippen molar-refractivity contribution in [3.05, 3.63) is 46.3 Å². The van der Waals surface area contributed by atoms with Crippen molar-refractivity contribution in [1.29, 1.82) is 0 Å². The maximum atomic E-state index is 12.1. The van der Waals surface area contributed by atoms with Gasteiger partial charge in [0.25, 0.3) is 5.91 Å². The lowest BCUT2D eigenvalue weighted by atomic mass is 10.2. The van der Waals surface area contributed by atoms with Crippen molar-refractivity contribution in [2.45, 2.75) is 18.9 Å². The van der Waals surface area contributed by atoms with Crippen LogP contribution >= 0.6 is 22.9 Å². The molecule has 5 heteroatoms. The Hall–Kier alpha value is -1.36. The van der Waals surface area contributed by atoms with Crippen molar-refractivity contribution in [3.63, 3.8) is 0 Å². The molecule has 1 aromatic carbocycles. The molecule has 1 aromatic heterocycles. The fraction of sp³-hybridized carbons (Fsp3) is 0.312. The largest absolute Gasteiger partial charge is 0.376 e. The molecule has 2 heterocycles. The number of carbonyl (C=O) groups is 1. The third-order valence-electron chi connectivity index (χ3n) is 3.45. The quantitative estimate of drug-likeness (QED) is 0.925. The van der Waals surface area contributed by atoms with Crippen molar-refractivity contribution in [3.8, 4) is 10.4 Å². The number of thiophene rings is 1. The van der Waals surface area contributed by atoms with Gasteiger partial charge in [-0.3, -0.25) is 4.79 Å². The van der Waals surface area contributed by atoms with Crippen LogP contribution in [0.4, 0.5) is 0 Å². The Bertz CT molecular complexity index is 635. The first-order valence-corrected chi connectivity index (χ1v) is 8.17. The number of amides is 1. The number of ether oxygens (including phenoxy) is 1. The Kier molecular flexibility index (Phi) is 4.58. The molecule has 110 valence electrons. The first kappa shape index (κ1) is 14.6. The summed E-state index contributed by atoms with van der Waals surface area (Å²) in [6, 6.07) is 11.5. The molecule has 21 heavy (non-hydrogen) atoms. The molecule has 2 aromatic rings. The van der Waals surface area contributed by atoms with Crippen molar-refractivity contribution in [1.82, 2.24) is 5.32 Å². The molecular weight excluding hydrogens is 306 g/mol. The van der Waals surface area contributed by atoms with Crippen LogP contribution in [-0.2, 0) is 4.74 Å². The number of nitrogens with one attached hydrogen (secondary N) is 1. The van der Waals surface area contributed by atoms with E-state index in [1.807, 2.05) is 36.4 Å². The first-order valence-electron chi connectivity index (χ1n) is 6.98. The Morgan fingerprint density at radius 3 is 3.05 bits per heavy atom. The van der Waals surface area contributed by atoms with Gasteiger partial charge in [-0.2, -0.15) is 0 Å². The Balaban J connectivity index is 1.65. The third kappa shape index (κ3) is 3.64. The third-order valence-corrected chi connectivity index (χ3v) is 4.82. The van der Waals surface area contributed by atoms with Gasteiger partial charge >= 0.3 is 0 Å². The van der Waals surface area contributed by atoms with Crippen molar-refractivity contribution >= 4 is 28.8 Å². The summed E-state index contributed by atoms with van der Waals surface area (Å²) < 4.78 is 5.50. The lowest BCUT2D eigenvalue weighted by molar-refractivity contribution is 0.0861. The molecule has 1 aliphatic rings. The van der Waals surface area contributed by atoms with Gasteiger partial charge in [0.05, 0.1) is 11.0 Å². The summed E-state index contributed by atoms with van der Waals surface area (Å²) in [7, 11) is 0. The van der Waals surface area contributed by atoms with Gasteiger partial charge in [-0.25, -0.2) is 0 Å². The van der Waals surface area contributed by atoms with E-state index >= 15 is 0 Å². The number of benzene rings is 1. The van der Waals surface area contributed by atoms with Crippen LogP contribution in [0.2, 0.25) is 5.02 Å². The van der Waals surface area contributed by atoms with Crippen LogP contribution in [0, 0.1) is 0 Å². The predicted molar refractivity (Wildman–Crippen MR) is 86.1 cm³/mol. The normalized spacial score (nSPS) is 17.9. The molecule has 1 atom stereocenters. The number of carbonyl (C=O) groups excluding carboxylic acids is 1. The number of rotatable bonds is 4. The zero-order chi connectivity index (χ0) is 14.7. The van der Waals surface area contributed by atoms with E-state index in [9.17, 15) is 4.79 Å². The van der Waals surface area contributed by atoms with Crippen LogP contribution in [0.25, 0.3) is 10.4 Å². The Labute approximate surface area is 132 Å². The van der Waals surface area contributed by atoms with E-state index in [4.69, 9.17) is 16.3 Å². The summed E-state index contributed by atoms with van der Waals surface area (Å²) in [5.74, 6) is -0.0382. The van der Waals surface area contributed by atoms with E-state index < -0.39 is 0 Å². The van der Waals surface area contributed by atoms with Gasteiger partial charge in [0.2, 0.25) is 0 Å². The molecule has 1 fully saturated rings. The first-order chi connectivity index (χ1) is 10.2. The maximum absolute atomic E-state index is 12.1. The Morgan fingerprint density at radius 2 is 2.29 bits per heavy atom. The average molecular weight is 322 g/mol. The second-order valence-electron chi connectivity index (χ2n) is 5.02. The van der Waals surface area contributed by atoms with Gasteiger partial charge in [0, 0.05) is 23.1 Å². The second kappa shape index (κ2) is 6.60.